The lowest BCUT2D eigenvalue weighted by molar-refractivity contribution is 0.366. The van der Waals surface area contributed by atoms with Gasteiger partial charge < -0.3 is 10.5 Å². The second-order valence-electron chi connectivity index (χ2n) is 2.91. The average Bonchev–Trinajstić information content (AvgIpc) is 2.17. The van der Waals surface area contributed by atoms with Crippen molar-refractivity contribution in [3.63, 3.8) is 0 Å². The van der Waals surface area contributed by atoms with Gasteiger partial charge in [0.05, 0.1) is 5.02 Å². The fraction of sp³-hybridized carbons (Fsp3) is 0.273. The molecule has 0 atom stereocenters. The molecule has 80 valence electrons. The molecule has 0 saturated heterocycles. The molecule has 1 aromatic rings. The van der Waals surface area contributed by atoms with E-state index in [9.17, 15) is 0 Å². The van der Waals surface area contributed by atoms with E-state index < -0.39 is 0 Å². The van der Waals surface area contributed by atoms with Gasteiger partial charge in [-0.2, -0.15) is 0 Å². The summed E-state index contributed by atoms with van der Waals surface area (Å²) < 4.78 is 5.34. The number of hydrogen-bond acceptors (Lipinski definition) is 2. The van der Waals surface area contributed by atoms with Gasteiger partial charge in [-0.15, -0.1) is 6.42 Å². The number of nitrogens with two attached hydrogens (primary N) is 1. The van der Waals surface area contributed by atoms with E-state index in [1.54, 1.807) is 12.1 Å². The van der Waals surface area contributed by atoms with E-state index in [2.05, 4.69) is 5.92 Å². The molecule has 0 aliphatic heterocycles. The zero-order valence-electron chi connectivity index (χ0n) is 8.09. The Morgan fingerprint density at radius 2 is 2.13 bits per heavy atom. The number of benzene rings is 1. The number of halogens is 2. The van der Waals surface area contributed by atoms with Crippen LogP contribution in [0.3, 0.4) is 0 Å². The second kappa shape index (κ2) is 5.87. The summed E-state index contributed by atoms with van der Waals surface area (Å²) in [7, 11) is 0. The van der Waals surface area contributed by atoms with Crippen LogP contribution >= 0.6 is 23.2 Å². The lowest BCUT2D eigenvalue weighted by Gasteiger charge is -2.11. The fourth-order valence-electron chi connectivity index (χ4n) is 1.23. The molecule has 0 unspecified atom stereocenters. The molecule has 2 nitrogen and oxygen atoms in total. The quantitative estimate of drug-likeness (QED) is 0.826. The highest BCUT2D eigenvalue weighted by Gasteiger charge is 2.09. The summed E-state index contributed by atoms with van der Waals surface area (Å²) in [5.74, 6) is 2.96. The first-order valence-corrected chi connectivity index (χ1v) is 5.19. The zero-order chi connectivity index (χ0) is 11.3. The van der Waals surface area contributed by atoms with Crippen LogP contribution in [0.4, 0.5) is 0 Å². The van der Waals surface area contributed by atoms with Crippen LogP contribution in [-0.2, 0) is 6.42 Å². The smallest absolute Gasteiger partial charge is 0.148 e. The predicted molar refractivity (Wildman–Crippen MR) is 63.5 cm³/mol. The van der Waals surface area contributed by atoms with Gasteiger partial charge >= 0.3 is 0 Å². The van der Waals surface area contributed by atoms with Crippen molar-refractivity contribution >= 4 is 23.2 Å². The van der Waals surface area contributed by atoms with E-state index in [4.69, 9.17) is 40.1 Å². The van der Waals surface area contributed by atoms with E-state index in [0.29, 0.717) is 28.8 Å². The summed E-state index contributed by atoms with van der Waals surface area (Å²) in [6, 6.07) is 3.40. The zero-order valence-corrected chi connectivity index (χ0v) is 9.61. The Hall–Kier alpha value is -0.880. The third-order valence-corrected chi connectivity index (χ3v) is 2.30. The summed E-state index contributed by atoms with van der Waals surface area (Å²) in [5, 5.41) is 1.03. The molecule has 0 saturated carbocycles. The minimum Gasteiger partial charge on any atom is -0.479 e. The van der Waals surface area contributed by atoms with Crippen molar-refractivity contribution in [2.75, 3.05) is 13.2 Å². The molecule has 0 spiro atoms. The Kier molecular flexibility index (Phi) is 4.77. The second-order valence-corrected chi connectivity index (χ2v) is 3.75. The van der Waals surface area contributed by atoms with Crippen molar-refractivity contribution in [1.29, 1.82) is 0 Å². The lowest BCUT2D eigenvalue weighted by atomic mass is 10.1. The Bertz CT molecular complexity index is 385. The van der Waals surface area contributed by atoms with Gasteiger partial charge in [-0.05, 0) is 30.7 Å². The van der Waals surface area contributed by atoms with Gasteiger partial charge in [-0.1, -0.05) is 29.1 Å². The first-order valence-electron chi connectivity index (χ1n) is 4.43. The van der Waals surface area contributed by atoms with Crippen LogP contribution in [0, 0.1) is 12.3 Å². The Balaban J connectivity index is 3.04. The van der Waals surface area contributed by atoms with Crippen LogP contribution in [0.2, 0.25) is 10.0 Å². The Morgan fingerprint density at radius 3 is 2.73 bits per heavy atom. The maximum absolute atomic E-state index is 5.99. The molecule has 0 aromatic heterocycles. The molecule has 0 aliphatic rings. The normalized spacial score (nSPS) is 9.73. The Labute approximate surface area is 99.3 Å². The van der Waals surface area contributed by atoms with Gasteiger partial charge in [0.25, 0.3) is 0 Å². The van der Waals surface area contributed by atoms with Crippen molar-refractivity contribution < 1.29 is 4.74 Å². The van der Waals surface area contributed by atoms with Gasteiger partial charge in [0.15, 0.2) is 0 Å². The van der Waals surface area contributed by atoms with Crippen LogP contribution in [0.15, 0.2) is 12.1 Å². The van der Waals surface area contributed by atoms with Gasteiger partial charge in [-0.25, -0.2) is 0 Å². The van der Waals surface area contributed by atoms with Crippen LogP contribution in [-0.4, -0.2) is 13.2 Å². The molecular formula is C11H11Cl2NO. The predicted octanol–water partition coefficient (Wildman–Crippen LogP) is 2.51. The maximum atomic E-state index is 5.99. The van der Waals surface area contributed by atoms with Crippen molar-refractivity contribution in [2.24, 2.45) is 5.73 Å². The molecule has 2 N–H and O–H groups in total. The van der Waals surface area contributed by atoms with E-state index in [1.165, 1.54) is 0 Å². The van der Waals surface area contributed by atoms with Crippen LogP contribution in [0.5, 0.6) is 5.75 Å². The topological polar surface area (TPSA) is 35.2 Å². The molecule has 1 rings (SSSR count). The number of ether oxygens (including phenoxy) is 1. The van der Waals surface area contributed by atoms with E-state index >= 15 is 0 Å². The number of rotatable bonds is 4. The highest BCUT2D eigenvalue weighted by Crippen LogP contribution is 2.32. The fourth-order valence-corrected chi connectivity index (χ4v) is 1.82. The third-order valence-electron chi connectivity index (χ3n) is 1.80. The van der Waals surface area contributed by atoms with Gasteiger partial charge in [0.2, 0.25) is 0 Å². The molecule has 0 bridgehead atoms. The molecule has 0 fully saturated rings. The lowest BCUT2D eigenvalue weighted by Crippen LogP contribution is -2.06. The van der Waals surface area contributed by atoms with E-state index in [0.717, 1.165) is 5.56 Å². The standard InChI is InChI=1S/C11H11Cl2NO/c1-2-5-15-11-8(3-4-14)6-9(12)7-10(11)13/h1,6-7H,3-5,14H2. The minimum atomic E-state index is 0.179. The van der Waals surface area contributed by atoms with Crippen LogP contribution in [0.25, 0.3) is 0 Å². The monoisotopic (exact) mass is 243 g/mol. The molecule has 0 aliphatic carbocycles. The van der Waals surface area contributed by atoms with Crippen molar-refractivity contribution in [3.05, 3.63) is 27.7 Å². The van der Waals surface area contributed by atoms with Crippen LogP contribution < -0.4 is 10.5 Å². The number of terminal acetylenes is 1. The first-order chi connectivity index (χ1) is 7.19. The molecule has 0 radical (unpaired) electrons. The molecule has 1 aromatic carbocycles. The molecule has 4 heteroatoms. The van der Waals surface area contributed by atoms with Crippen molar-refractivity contribution in [1.82, 2.24) is 0 Å². The minimum absolute atomic E-state index is 0.179. The third kappa shape index (κ3) is 3.32. The van der Waals surface area contributed by atoms with E-state index in [1.807, 2.05) is 0 Å². The summed E-state index contributed by atoms with van der Waals surface area (Å²) in [4.78, 5) is 0. The van der Waals surface area contributed by atoms with Crippen molar-refractivity contribution in [3.8, 4) is 18.1 Å². The molecule has 0 amide bonds. The highest BCUT2D eigenvalue weighted by molar-refractivity contribution is 6.35. The Morgan fingerprint density at radius 1 is 1.40 bits per heavy atom. The summed E-state index contributed by atoms with van der Waals surface area (Å²) in [5.41, 5.74) is 6.36. The average molecular weight is 244 g/mol. The van der Waals surface area contributed by atoms with E-state index in [-0.39, 0.29) is 6.61 Å². The SMILES string of the molecule is C#CCOc1c(Cl)cc(Cl)cc1CCN. The van der Waals surface area contributed by atoms with Crippen LogP contribution in [0.1, 0.15) is 5.56 Å². The maximum Gasteiger partial charge on any atom is 0.148 e. The van der Waals surface area contributed by atoms with Gasteiger partial charge in [-0.3, -0.25) is 0 Å². The number of hydrogen-bond donors (Lipinski definition) is 1. The largest absolute Gasteiger partial charge is 0.479 e. The molecule has 15 heavy (non-hydrogen) atoms. The van der Waals surface area contributed by atoms with Crippen molar-refractivity contribution in [2.45, 2.75) is 6.42 Å². The first kappa shape index (κ1) is 12.2. The summed E-state index contributed by atoms with van der Waals surface area (Å²) in [6.07, 6.45) is 5.76. The molecular weight excluding hydrogens is 233 g/mol. The van der Waals surface area contributed by atoms with Gasteiger partial charge in [0.1, 0.15) is 12.4 Å². The summed E-state index contributed by atoms with van der Waals surface area (Å²) in [6.45, 7) is 0.683. The van der Waals surface area contributed by atoms with Gasteiger partial charge in [0, 0.05) is 5.02 Å². The summed E-state index contributed by atoms with van der Waals surface area (Å²) >= 11 is 11.9. The molecule has 0 heterocycles. The highest BCUT2D eigenvalue weighted by atomic mass is 35.5.